The highest BCUT2D eigenvalue weighted by atomic mass is 32.2. The molecule has 2 N–H and O–H groups in total. The van der Waals surface area contributed by atoms with Gasteiger partial charge in [0, 0.05) is 6.21 Å². The van der Waals surface area contributed by atoms with E-state index in [1.165, 1.54) is 12.1 Å². The smallest absolute Gasteiger partial charge is 0.238 e. The van der Waals surface area contributed by atoms with Crippen molar-refractivity contribution in [3.8, 4) is 5.75 Å². The number of hydrogen-bond donors (Lipinski definition) is 1. The molecule has 0 unspecified atom stereocenters. The van der Waals surface area contributed by atoms with Gasteiger partial charge in [-0.3, -0.25) is 4.99 Å². The third kappa shape index (κ3) is 3.66. The lowest BCUT2D eigenvalue weighted by molar-refractivity contribution is 0.415. The number of nitrogens with two attached hydrogens (primary N) is 1. The predicted molar refractivity (Wildman–Crippen MR) is 78.1 cm³/mol. The average Bonchev–Trinajstić information content (AvgIpc) is 2.45. The number of primary sulfonamides is 1. The van der Waals surface area contributed by atoms with Gasteiger partial charge in [0.2, 0.25) is 10.0 Å². The van der Waals surface area contributed by atoms with Crippen LogP contribution in [0, 0.1) is 0 Å². The first-order chi connectivity index (χ1) is 9.49. The third-order valence-electron chi connectivity index (χ3n) is 2.62. The van der Waals surface area contributed by atoms with Crippen molar-refractivity contribution in [1.82, 2.24) is 0 Å². The average molecular weight is 290 g/mol. The van der Waals surface area contributed by atoms with Crippen LogP contribution in [0.15, 0.2) is 58.4 Å². The minimum Gasteiger partial charge on any atom is -0.497 e. The highest BCUT2D eigenvalue weighted by Gasteiger charge is 2.05. The van der Waals surface area contributed by atoms with Crippen molar-refractivity contribution in [2.45, 2.75) is 4.90 Å². The van der Waals surface area contributed by atoms with E-state index in [1.54, 1.807) is 25.5 Å². The molecule has 0 heterocycles. The number of hydrogen-bond acceptors (Lipinski definition) is 4. The summed E-state index contributed by atoms with van der Waals surface area (Å²) in [5, 5.41) is 5.02. The minimum atomic E-state index is -3.66. The lowest BCUT2D eigenvalue weighted by atomic mass is 10.2. The van der Waals surface area contributed by atoms with Gasteiger partial charge in [-0.1, -0.05) is 12.1 Å². The van der Waals surface area contributed by atoms with Crippen molar-refractivity contribution in [3.05, 3.63) is 54.1 Å². The lowest BCUT2D eigenvalue weighted by Crippen LogP contribution is -2.11. The molecule has 2 rings (SSSR count). The highest BCUT2D eigenvalue weighted by Crippen LogP contribution is 2.16. The molecule has 2 aromatic rings. The molecule has 104 valence electrons. The molecule has 0 saturated heterocycles. The quantitative estimate of drug-likeness (QED) is 0.875. The Morgan fingerprint density at radius 3 is 2.45 bits per heavy atom. The van der Waals surface area contributed by atoms with Crippen molar-refractivity contribution >= 4 is 21.9 Å². The number of aliphatic imine (C=N–C) groups is 1. The van der Waals surface area contributed by atoms with Crippen LogP contribution in [-0.4, -0.2) is 21.7 Å². The summed E-state index contributed by atoms with van der Waals surface area (Å²) in [6.07, 6.45) is 1.68. The molecule has 0 fully saturated rings. The van der Waals surface area contributed by atoms with Crippen molar-refractivity contribution < 1.29 is 13.2 Å². The van der Waals surface area contributed by atoms with Crippen LogP contribution in [0.25, 0.3) is 0 Å². The van der Waals surface area contributed by atoms with Crippen molar-refractivity contribution in [1.29, 1.82) is 0 Å². The third-order valence-corrected chi connectivity index (χ3v) is 3.55. The molecule has 0 amide bonds. The summed E-state index contributed by atoms with van der Waals surface area (Å²) in [5.74, 6) is 0.749. The molecule has 6 heteroatoms. The standard InChI is InChI=1S/C14H14N2O3S/c1-19-13-4-2-3-11(9-13)10-16-12-5-7-14(8-6-12)20(15,17)18/h2-10H,1H3,(H2,15,17,18). The van der Waals surface area contributed by atoms with E-state index in [-0.39, 0.29) is 4.90 Å². The maximum Gasteiger partial charge on any atom is 0.238 e. The molecule has 0 spiro atoms. The van der Waals surface area contributed by atoms with Crippen molar-refractivity contribution in [3.63, 3.8) is 0 Å². The number of benzene rings is 2. The van der Waals surface area contributed by atoms with Crippen LogP contribution in [-0.2, 0) is 10.0 Å². The van der Waals surface area contributed by atoms with Gasteiger partial charge in [-0.2, -0.15) is 0 Å². The molecule has 0 aliphatic rings. The van der Waals surface area contributed by atoms with Crippen molar-refractivity contribution in [2.75, 3.05) is 7.11 Å². The molecule has 0 aliphatic carbocycles. The normalized spacial score (nSPS) is 11.7. The Hall–Kier alpha value is -2.18. The predicted octanol–water partition coefficient (Wildman–Crippen LogP) is 2.09. The molecular weight excluding hydrogens is 276 g/mol. The molecule has 20 heavy (non-hydrogen) atoms. The fraction of sp³-hybridized carbons (Fsp3) is 0.0714. The first kappa shape index (κ1) is 14.2. The van der Waals surface area contributed by atoms with E-state index in [4.69, 9.17) is 9.88 Å². The summed E-state index contributed by atoms with van der Waals surface area (Å²) < 4.78 is 27.4. The second-order valence-electron chi connectivity index (χ2n) is 4.07. The highest BCUT2D eigenvalue weighted by molar-refractivity contribution is 7.89. The molecule has 5 nitrogen and oxygen atoms in total. The Kier molecular flexibility index (Phi) is 4.16. The van der Waals surface area contributed by atoms with Gasteiger partial charge in [-0.25, -0.2) is 13.6 Å². The molecule has 0 radical (unpaired) electrons. The van der Waals surface area contributed by atoms with Gasteiger partial charge in [0.1, 0.15) is 5.75 Å². The first-order valence-corrected chi connectivity index (χ1v) is 7.35. The summed E-state index contributed by atoms with van der Waals surface area (Å²) in [5.41, 5.74) is 1.53. The van der Waals surface area contributed by atoms with Crippen LogP contribution in [0.5, 0.6) is 5.75 Å². The number of ether oxygens (including phenoxy) is 1. The van der Waals surface area contributed by atoms with Crippen LogP contribution in [0.1, 0.15) is 5.56 Å². The molecule has 0 bridgehead atoms. The van der Waals surface area contributed by atoms with Crippen LogP contribution in [0.2, 0.25) is 0 Å². The molecule has 2 aromatic carbocycles. The monoisotopic (exact) mass is 290 g/mol. The van der Waals surface area contributed by atoms with Crippen molar-refractivity contribution in [2.24, 2.45) is 10.1 Å². The maximum absolute atomic E-state index is 11.1. The maximum atomic E-state index is 11.1. The Morgan fingerprint density at radius 2 is 1.85 bits per heavy atom. The van der Waals surface area contributed by atoms with Crippen LogP contribution in [0.3, 0.4) is 0 Å². The molecular formula is C14H14N2O3S. The largest absolute Gasteiger partial charge is 0.497 e. The number of nitrogens with zero attached hydrogens (tertiary/aromatic N) is 1. The molecule has 0 saturated carbocycles. The van der Waals surface area contributed by atoms with E-state index in [2.05, 4.69) is 4.99 Å². The topological polar surface area (TPSA) is 81.8 Å². The minimum absolute atomic E-state index is 0.0674. The van der Waals surface area contributed by atoms with E-state index < -0.39 is 10.0 Å². The van der Waals surface area contributed by atoms with E-state index in [0.29, 0.717) is 5.69 Å². The molecule has 0 atom stereocenters. The van der Waals surface area contributed by atoms with Gasteiger partial charge < -0.3 is 4.74 Å². The van der Waals surface area contributed by atoms with Gasteiger partial charge in [0.15, 0.2) is 0 Å². The number of rotatable bonds is 4. The number of sulfonamides is 1. The Labute approximate surface area is 117 Å². The zero-order valence-corrected chi connectivity index (χ0v) is 11.7. The SMILES string of the molecule is COc1cccc(C=Nc2ccc(S(N)(=O)=O)cc2)c1. The Morgan fingerprint density at radius 1 is 1.15 bits per heavy atom. The van der Waals surface area contributed by atoms with Crippen LogP contribution < -0.4 is 9.88 Å². The van der Waals surface area contributed by atoms with Crippen LogP contribution in [0.4, 0.5) is 5.69 Å². The second-order valence-corrected chi connectivity index (χ2v) is 5.64. The summed E-state index contributed by atoms with van der Waals surface area (Å²) in [7, 11) is -2.06. The fourth-order valence-corrected chi connectivity index (χ4v) is 2.11. The van der Waals surface area contributed by atoms with Gasteiger partial charge in [0.05, 0.1) is 17.7 Å². The van der Waals surface area contributed by atoms with Gasteiger partial charge in [-0.05, 0) is 42.0 Å². The van der Waals surface area contributed by atoms with E-state index in [1.807, 2.05) is 24.3 Å². The second kappa shape index (κ2) is 5.85. The lowest BCUT2D eigenvalue weighted by Gasteiger charge is -2.00. The van der Waals surface area contributed by atoms with E-state index in [0.717, 1.165) is 11.3 Å². The van der Waals surface area contributed by atoms with Gasteiger partial charge in [0.25, 0.3) is 0 Å². The van der Waals surface area contributed by atoms with Gasteiger partial charge in [-0.15, -0.1) is 0 Å². The number of methoxy groups -OCH3 is 1. The first-order valence-electron chi connectivity index (χ1n) is 5.80. The fourth-order valence-electron chi connectivity index (χ4n) is 1.59. The van der Waals surface area contributed by atoms with E-state index in [9.17, 15) is 8.42 Å². The van der Waals surface area contributed by atoms with Gasteiger partial charge >= 0.3 is 0 Å². The summed E-state index contributed by atoms with van der Waals surface area (Å²) in [6, 6.07) is 13.5. The molecule has 0 aliphatic heterocycles. The Bertz CT molecular complexity index is 722. The van der Waals surface area contributed by atoms with E-state index >= 15 is 0 Å². The zero-order chi connectivity index (χ0) is 14.6. The summed E-state index contributed by atoms with van der Waals surface area (Å²) in [4.78, 5) is 4.33. The summed E-state index contributed by atoms with van der Waals surface area (Å²) in [6.45, 7) is 0. The summed E-state index contributed by atoms with van der Waals surface area (Å²) >= 11 is 0. The van der Waals surface area contributed by atoms with Crippen LogP contribution >= 0.6 is 0 Å². The zero-order valence-electron chi connectivity index (χ0n) is 10.9. The molecule has 0 aromatic heterocycles. The Balaban J connectivity index is 2.19.